The Morgan fingerprint density at radius 1 is 1.37 bits per heavy atom. The molecule has 1 aromatic heterocycles. The van der Waals surface area contributed by atoms with Crippen LogP contribution in [0.4, 0.5) is 0 Å². The SMILES string of the molecule is CC(N)CCCc1nc(CSC2CCCCC2)no1. The maximum Gasteiger partial charge on any atom is 0.226 e. The summed E-state index contributed by atoms with van der Waals surface area (Å²) in [6.45, 7) is 2.03. The number of hydrogen-bond donors (Lipinski definition) is 1. The molecule has 1 aromatic rings. The second-order valence-electron chi connectivity index (χ2n) is 5.54. The summed E-state index contributed by atoms with van der Waals surface area (Å²) in [5, 5.41) is 4.86. The first-order chi connectivity index (χ1) is 9.24. The van der Waals surface area contributed by atoms with Gasteiger partial charge in [-0.25, -0.2) is 0 Å². The van der Waals surface area contributed by atoms with E-state index in [2.05, 4.69) is 10.1 Å². The summed E-state index contributed by atoms with van der Waals surface area (Å²) < 4.78 is 5.27. The third-order valence-corrected chi connectivity index (χ3v) is 4.93. The van der Waals surface area contributed by atoms with Crippen LogP contribution in [0.2, 0.25) is 0 Å². The fraction of sp³-hybridized carbons (Fsp3) is 0.857. The molecule has 5 heteroatoms. The lowest BCUT2D eigenvalue weighted by atomic mass is 10.0. The van der Waals surface area contributed by atoms with Gasteiger partial charge in [0.1, 0.15) is 0 Å². The Morgan fingerprint density at radius 2 is 2.16 bits per heavy atom. The van der Waals surface area contributed by atoms with Crippen LogP contribution >= 0.6 is 11.8 Å². The van der Waals surface area contributed by atoms with Crippen molar-refractivity contribution < 1.29 is 4.52 Å². The summed E-state index contributed by atoms with van der Waals surface area (Å²) in [7, 11) is 0. The van der Waals surface area contributed by atoms with Gasteiger partial charge in [-0.05, 0) is 32.6 Å². The third-order valence-electron chi connectivity index (χ3n) is 3.56. The fourth-order valence-electron chi connectivity index (χ4n) is 2.45. The first-order valence-corrected chi connectivity index (χ1v) is 8.47. The Morgan fingerprint density at radius 3 is 2.89 bits per heavy atom. The molecule has 1 atom stereocenters. The molecule has 2 N–H and O–H groups in total. The smallest absolute Gasteiger partial charge is 0.226 e. The van der Waals surface area contributed by atoms with Crippen molar-refractivity contribution in [3.8, 4) is 0 Å². The first kappa shape index (κ1) is 14.9. The average molecular weight is 283 g/mol. The molecule has 0 radical (unpaired) electrons. The van der Waals surface area contributed by atoms with Gasteiger partial charge in [-0.3, -0.25) is 0 Å². The van der Waals surface area contributed by atoms with Crippen molar-refractivity contribution in [3.05, 3.63) is 11.7 Å². The van der Waals surface area contributed by atoms with E-state index < -0.39 is 0 Å². The van der Waals surface area contributed by atoms with Crippen LogP contribution in [0, 0.1) is 0 Å². The van der Waals surface area contributed by atoms with Crippen molar-refractivity contribution in [2.75, 3.05) is 0 Å². The summed E-state index contributed by atoms with van der Waals surface area (Å²) in [5.74, 6) is 2.51. The van der Waals surface area contributed by atoms with Crippen LogP contribution < -0.4 is 5.73 Å². The highest BCUT2D eigenvalue weighted by atomic mass is 32.2. The number of hydrogen-bond acceptors (Lipinski definition) is 5. The molecule has 0 aliphatic heterocycles. The molecule has 0 spiro atoms. The quantitative estimate of drug-likeness (QED) is 0.831. The molecular formula is C14H25N3OS. The van der Waals surface area contributed by atoms with Crippen LogP contribution in [0.5, 0.6) is 0 Å². The normalized spacial score (nSPS) is 18.6. The van der Waals surface area contributed by atoms with E-state index in [9.17, 15) is 0 Å². The largest absolute Gasteiger partial charge is 0.339 e. The van der Waals surface area contributed by atoms with E-state index in [1.165, 1.54) is 32.1 Å². The van der Waals surface area contributed by atoms with Crippen LogP contribution in [0.1, 0.15) is 63.6 Å². The summed E-state index contributed by atoms with van der Waals surface area (Å²) in [5.41, 5.74) is 5.72. The lowest BCUT2D eigenvalue weighted by Gasteiger charge is -2.19. The van der Waals surface area contributed by atoms with Gasteiger partial charge < -0.3 is 10.3 Å². The van der Waals surface area contributed by atoms with Gasteiger partial charge in [0.15, 0.2) is 5.82 Å². The van der Waals surface area contributed by atoms with Crippen molar-refractivity contribution in [2.45, 2.75) is 75.3 Å². The molecule has 0 saturated heterocycles. The lowest BCUT2D eigenvalue weighted by molar-refractivity contribution is 0.369. The molecule has 1 aliphatic carbocycles. The highest BCUT2D eigenvalue weighted by molar-refractivity contribution is 7.99. The molecule has 1 heterocycles. The highest BCUT2D eigenvalue weighted by Crippen LogP contribution is 2.29. The zero-order chi connectivity index (χ0) is 13.5. The fourth-order valence-corrected chi connectivity index (χ4v) is 3.62. The van der Waals surface area contributed by atoms with E-state index in [-0.39, 0.29) is 6.04 Å². The van der Waals surface area contributed by atoms with Gasteiger partial charge >= 0.3 is 0 Å². The summed E-state index contributed by atoms with van der Waals surface area (Å²) in [4.78, 5) is 4.45. The van der Waals surface area contributed by atoms with Gasteiger partial charge in [-0.1, -0.05) is 24.4 Å². The van der Waals surface area contributed by atoms with E-state index in [0.717, 1.165) is 42.0 Å². The topological polar surface area (TPSA) is 64.9 Å². The number of aryl methyl sites for hydroxylation is 1. The van der Waals surface area contributed by atoms with Gasteiger partial charge in [0, 0.05) is 17.7 Å². The van der Waals surface area contributed by atoms with E-state index in [1.807, 2.05) is 18.7 Å². The van der Waals surface area contributed by atoms with Gasteiger partial charge in [0.2, 0.25) is 5.89 Å². The predicted octanol–water partition coefficient (Wildman–Crippen LogP) is 3.31. The maximum atomic E-state index is 5.72. The summed E-state index contributed by atoms with van der Waals surface area (Å²) >= 11 is 1.99. The van der Waals surface area contributed by atoms with Gasteiger partial charge in [-0.15, -0.1) is 0 Å². The van der Waals surface area contributed by atoms with Crippen molar-refractivity contribution in [1.82, 2.24) is 10.1 Å². The Bertz CT molecular complexity index is 361. The Kier molecular flexibility index (Phi) is 6.17. The van der Waals surface area contributed by atoms with Crippen molar-refractivity contribution in [2.24, 2.45) is 5.73 Å². The van der Waals surface area contributed by atoms with Crippen LogP contribution in [-0.4, -0.2) is 21.4 Å². The van der Waals surface area contributed by atoms with Gasteiger partial charge in [0.05, 0.1) is 5.75 Å². The average Bonchev–Trinajstić information content (AvgIpc) is 2.85. The summed E-state index contributed by atoms with van der Waals surface area (Å²) in [6, 6.07) is 0.254. The molecule has 1 unspecified atom stereocenters. The second kappa shape index (κ2) is 7.90. The zero-order valence-electron chi connectivity index (χ0n) is 11.8. The number of aromatic nitrogens is 2. The summed E-state index contributed by atoms with van der Waals surface area (Å²) in [6.07, 6.45) is 9.75. The minimum absolute atomic E-state index is 0.254. The molecule has 0 aromatic carbocycles. The minimum Gasteiger partial charge on any atom is -0.339 e. The Hall–Kier alpha value is -0.550. The van der Waals surface area contributed by atoms with Crippen molar-refractivity contribution in [3.63, 3.8) is 0 Å². The number of nitrogens with two attached hydrogens (primary N) is 1. The van der Waals surface area contributed by atoms with Crippen LogP contribution in [0.15, 0.2) is 4.52 Å². The number of nitrogens with zero attached hydrogens (tertiary/aromatic N) is 2. The number of rotatable bonds is 7. The van der Waals surface area contributed by atoms with Crippen LogP contribution in [-0.2, 0) is 12.2 Å². The van der Waals surface area contributed by atoms with Crippen LogP contribution in [0.3, 0.4) is 0 Å². The molecule has 19 heavy (non-hydrogen) atoms. The Balaban J connectivity index is 1.68. The molecule has 0 amide bonds. The molecule has 1 fully saturated rings. The zero-order valence-corrected chi connectivity index (χ0v) is 12.6. The molecule has 2 rings (SSSR count). The monoisotopic (exact) mass is 283 g/mol. The van der Waals surface area contributed by atoms with E-state index >= 15 is 0 Å². The standard InChI is InChI=1S/C14H25N3OS/c1-11(15)6-5-9-14-16-13(17-18-14)10-19-12-7-3-2-4-8-12/h11-12H,2-10,15H2,1H3. The van der Waals surface area contributed by atoms with Crippen LogP contribution in [0.25, 0.3) is 0 Å². The molecule has 4 nitrogen and oxygen atoms in total. The van der Waals surface area contributed by atoms with Crippen molar-refractivity contribution in [1.29, 1.82) is 0 Å². The van der Waals surface area contributed by atoms with Gasteiger partial charge in [0.25, 0.3) is 0 Å². The predicted molar refractivity (Wildman–Crippen MR) is 79.1 cm³/mol. The molecule has 108 valence electrons. The highest BCUT2D eigenvalue weighted by Gasteiger charge is 2.15. The minimum atomic E-state index is 0.254. The lowest BCUT2D eigenvalue weighted by Crippen LogP contribution is -2.14. The number of thioether (sulfide) groups is 1. The molecule has 0 bridgehead atoms. The second-order valence-corrected chi connectivity index (χ2v) is 6.83. The van der Waals surface area contributed by atoms with E-state index in [1.54, 1.807) is 0 Å². The van der Waals surface area contributed by atoms with E-state index in [4.69, 9.17) is 10.3 Å². The van der Waals surface area contributed by atoms with Gasteiger partial charge in [-0.2, -0.15) is 16.7 Å². The Labute approximate surface area is 119 Å². The third kappa shape index (κ3) is 5.53. The maximum absolute atomic E-state index is 5.72. The van der Waals surface area contributed by atoms with E-state index in [0.29, 0.717) is 0 Å². The van der Waals surface area contributed by atoms with Crippen molar-refractivity contribution >= 4 is 11.8 Å². The molecule has 1 aliphatic rings. The first-order valence-electron chi connectivity index (χ1n) is 7.42. The molecule has 1 saturated carbocycles. The molecular weight excluding hydrogens is 258 g/mol.